The summed E-state index contributed by atoms with van der Waals surface area (Å²) in [7, 11) is 0. The number of nitrogens with one attached hydrogen (secondary N) is 2. The van der Waals surface area contributed by atoms with E-state index in [1.807, 2.05) is 24.3 Å². The van der Waals surface area contributed by atoms with E-state index < -0.39 is 0 Å². The Morgan fingerprint density at radius 3 is 2.79 bits per heavy atom. The second kappa shape index (κ2) is 9.11. The fraction of sp³-hybridized carbons (Fsp3) is 0.222. The van der Waals surface area contributed by atoms with Gasteiger partial charge in [0.2, 0.25) is 0 Å². The fourth-order valence-corrected chi connectivity index (χ4v) is 2.92. The van der Waals surface area contributed by atoms with Gasteiger partial charge in [-0.2, -0.15) is 5.10 Å². The maximum Gasteiger partial charge on any atom is 0.258 e. The third kappa shape index (κ3) is 4.66. The minimum atomic E-state index is -0.264. The molecule has 1 amide bonds. The third-order valence-electron chi connectivity index (χ3n) is 4.14. The van der Waals surface area contributed by atoms with Crippen molar-refractivity contribution < 1.29 is 9.53 Å². The first-order valence-electron chi connectivity index (χ1n) is 8.45. The number of carbonyl (C=O) groups excluding carboxylic acids is 1. The summed E-state index contributed by atoms with van der Waals surface area (Å²) < 4.78 is 7.17. The highest BCUT2D eigenvalue weighted by Gasteiger charge is 2.16. The summed E-state index contributed by atoms with van der Waals surface area (Å²) in [6.07, 6.45) is 6.03. The lowest BCUT2D eigenvalue weighted by Gasteiger charge is -2.24. The molecule has 0 saturated carbocycles. The normalized spacial score (nSPS) is 16.2. The molecule has 0 spiro atoms. The minimum Gasteiger partial charge on any atom is -0.371 e. The lowest BCUT2D eigenvalue weighted by atomic mass is 10.1. The van der Waals surface area contributed by atoms with Crippen molar-refractivity contribution in [3.05, 3.63) is 65.3 Å². The smallest absolute Gasteiger partial charge is 0.258 e. The summed E-state index contributed by atoms with van der Waals surface area (Å²) >= 11 is 5.83. The molecule has 28 heavy (non-hydrogen) atoms. The Bertz CT molecular complexity index is 941. The zero-order valence-electron chi connectivity index (χ0n) is 14.7. The number of anilines is 1. The molecule has 1 aliphatic heterocycles. The molecule has 8 nitrogen and oxygen atoms in total. The number of morpholine rings is 1. The standard InChI is InChI=1S/C18H17ClN6O2.ClH/c19-16-9-21-10-17(24-16)25-11-13(7-22-25)18(26)23-14-3-1-12(2-4-14)15-8-20-5-6-27-15;/h1-4,7,9-11,15,20H,5-6,8H2,(H,23,26);1H. The van der Waals surface area contributed by atoms with Gasteiger partial charge in [-0.05, 0) is 17.7 Å². The number of ether oxygens (including phenoxy) is 1. The summed E-state index contributed by atoms with van der Waals surface area (Å²) in [5.41, 5.74) is 2.18. The number of carbonyl (C=O) groups is 1. The maximum atomic E-state index is 12.5. The van der Waals surface area contributed by atoms with Gasteiger partial charge in [0.25, 0.3) is 5.91 Å². The van der Waals surface area contributed by atoms with Gasteiger partial charge in [-0.15, -0.1) is 12.4 Å². The Hall–Kier alpha value is -2.52. The van der Waals surface area contributed by atoms with Crippen LogP contribution in [0.3, 0.4) is 0 Å². The Labute approximate surface area is 172 Å². The average Bonchev–Trinajstić information content (AvgIpc) is 3.20. The van der Waals surface area contributed by atoms with Gasteiger partial charge in [0.05, 0.1) is 36.9 Å². The van der Waals surface area contributed by atoms with Gasteiger partial charge in [-0.3, -0.25) is 9.78 Å². The van der Waals surface area contributed by atoms with E-state index in [9.17, 15) is 4.79 Å². The predicted molar refractivity (Wildman–Crippen MR) is 107 cm³/mol. The second-order valence-electron chi connectivity index (χ2n) is 6.01. The van der Waals surface area contributed by atoms with Gasteiger partial charge < -0.3 is 15.4 Å². The molecule has 1 atom stereocenters. The number of hydrogen-bond acceptors (Lipinski definition) is 6. The van der Waals surface area contributed by atoms with Crippen LogP contribution in [-0.4, -0.2) is 45.4 Å². The zero-order valence-corrected chi connectivity index (χ0v) is 16.3. The summed E-state index contributed by atoms with van der Waals surface area (Å²) in [5.74, 6) is 0.173. The van der Waals surface area contributed by atoms with Gasteiger partial charge >= 0.3 is 0 Å². The van der Waals surface area contributed by atoms with Crippen molar-refractivity contribution in [2.24, 2.45) is 0 Å². The van der Waals surface area contributed by atoms with Crippen LogP contribution in [0.2, 0.25) is 5.15 Å². The van der Waals surface area contributed by atoms with Gasteiger partial charge in [-0.1, -0.05) is 23.7 Å². The molecule has 0 bridgehead atoms. The first kappa shape index (κ1) is 20.2. The molecular formula is C18H18Cl2N6O2. The van der Waals surface area contributed by atoms with Crippen molar-refractivity contribution in [2.75, 3.05) is 25.0 Å². The van der Waals surface area contributed by atoms with Gasteiger partial charge in [0.15, 0.2) is 5.82 Å². The molecule has 1 unspecified atom stereocenters. The summed E-state index contributed by atoms with van der Waals surface area (Å²) in [6, 6.07) is 7.63. The van der Waals surface area contributed by atoms with Crippen LogP contribution in [0.5, 0.6) is 0 Å². The molecule has 3 heterocycles. The molecule has 1 aromatic carbocycles. The van der Waals surface area contributed by atoms with Crippen LogP contribution in [-0.2, 0) is 4.74 Å². The number of rotatable bonds is 4. The van der Waals surface area contributed by atoms with E-state index in [-0.39, 0.29) is 29.6 Å². The van der Waals surface area contributed by atoms with Crippen LogP contribution >= 0.6 is 24.0 Å². The molecule has 1 aliphatic rings. The molecule has 146 valence electrons. The van der Waals surface area contributed by atoms with Gasteiger partial charge in [0, 0.05) is 25.0 Å². The highest BCUT2D eigenvalue weighted by molar-refractivity contribution is 6.29. The van der Waals surface area contributed by atoms with Crippen LogP contribution in [0.15, 0.2) is 49.1 Å². The molecule has 4 rings (SSSR count). The van der Waals surface area contributed by atoms with Crippen molar-refractivity contribution in [3.8, 4) is 5.82 Å². The topological polar surface area (TPSA) is 94.0 Å². The van der Waals surface area contributed by atoms with E-state index in [0.717, 1.165) is 18.7 Å². The van der Waals surface area contributed by atoms with Crippen molar-refractivity contribution >= 4 is 35.6 Å². The highest BCUT2D eigenvalue weighted by Crippen LogP contribution is 2.21. The predicted octanol–water partition coefficient (Wildman–Crippen LogP) is 2.65. The van der Waals surface area contributed by atoms with Crippen LogP contribution in [0, 0.1) is 0 Å². The average molecular weight is 421 g/mol. The van der Waals surface area contributed by atoms with E-state index >= 15 is 0 Å². The largest absolute Gasteiger partial charge is 0.371 e. The van der Waals surface area contributed by atoms with Gasteiger partial charge in [0.1, 0.15) is 5.15 Å². The van der Waals surface area contributed by atoms with Crippen molar-refractivity contribution in [1.82, 2.24) is 25.1 Å². The Morgan fingerprint density at radius 1 is 1.25 bits per heavy atom. The number of nitrogens with zero attached hydrogens (tertiary/aromatic N) is 4. The monoisotopic (exact) mass is 420 g/mol. The number of benzene rings is 1. The van der Waals surface area contributed by atoms with Crippen molar-refractivity contribution in [1.29, 1.82) is 0 Å². The molecule has 0 radical (unpaired) electrons. The lowest BCUT2D eigenvalue weighted by Crippen LogP contribution is -2.33. The summed E-state index contributed by atoms with van der Waals surface area (Å²) in [4.78, 5) is 20.5. The number of hydrogen-bond donors (Lipinski definition) is 2. The summed E-state index contributed by atoms with van der Waals surface area (Å²) in [6.45, 7) is 2.36. The highest BCUT2D eigenvalue weighted by atomic mass is 35.5. The Morgan fingerprint density at radius 2 is 2.07 bits per heavy atom. The summed E-state index contributed by atoms with van der Waals surface area (Å²) in [5, 5.41) is 10.5. The Balaban J connectivity index is 0.00000225. The maximum absolute atomic E-state index is 12.5. The quantitative estimate of drug-likeness (QED) is 0.673. The van der Waals surface area contributed by atoms with E-state index in [1.165, 1.54) is 23.3 Å². The fourth-order valence-electron chi connectivity index (χ4n) is 2.77. The molecule has 2 N–H and O–H groups in total. The molecule has 3 aromatic rings. The molecule has 10 heteroatoms. The molecule has 1 saturated heterocycles. The van der Waals surface area contributed by atoms with Crippen LogP contribution in [0.25, 0.3) is 5.82 Å². The lowest BCUT2D eigenvalue weighted by molar-refractivity contribution is 0.0277. The van der Waals surface area contributed by atoms with Crippen LogP contribution < -0.4 is 10.6 Å². The molecule has 1 fully saturated rings. The zero-order chi connectivity index (χ0) is 18.6. The van der Waals surface area contributed by atoms with E-state index in [1.54, 1.807) is 6.20 Å². The van der Waals surface area contributed by atoms with Crippen LogP contribution in [0.4, 0.5) is 5.69 Å². The minimum absolute atomic E-state index is 0. The molecule has 2 aromatic heterocycles. The first-order chi connectivity index (χ1) is 13.2. The SMILES string of the molecule is Cl.O=C(Nc1ccc(C2CNCCO2)cc1)c1cnn(-c2cncc(Cl)n2)c1. The molecular weight excluding hydrogens is 403 g/mol. The first-order valence-corrected chi connectivity index (χ1v) is 8.83. The van der Waals surface area contributed by atoms with E-state index in [0.29, 0.717) is 23.7 Å². The van der Waals surface area contributed by atoms with E-state index in [4.69, 9.17) is 16.3 Å². The Kier molecular flexibility index (Phi) is 6.58. The number of aromatic nitrogens is 4. The van der Waals surface area contributed by atoms with Crippen LogP contribution in [0.1, 0.15) is 22.0 Å². The number of amides is 1. The molecule has 0 aliphatic carbocycles. The number of halogens is 2. The second-order valence-corrected chi connectivity index (χ2v) is 6.40. The van der Waals surface area contributed by atoms with Gasteiger partial charge in [-0.25, -0.2) is 9.67 Å². The van der Waals surface area contributed by atoms with Crippen molar-refractivity contribution in [3.63, 3.8) is 0 Å². The van der Waals surface area contributed by atoms with E-state index in [2.05, 4.69) is 25.7 Å². The third-order valence-corrected chi connectivity index (χ3v) is 4.32. The van der Waals surface area contributed by atoms with Crippen molar-refractivity contribution in [2.45, 2.75) is 6.10 Å².